The number of aromatic carboxylic acids is 1. The third kappa shape index (κ3) is 7.47. The molecule has 7 nitrogen and oxygen atoms in total. The number of carboxylic acids is 1. The van der Waals surface area contributed by atoms with E-state index in [1.165, 1.54) is 12.1 Å². The van der Waals surface area contributed by atoms with Crippen molar-refractivity contribution < 1.29 is 33.3 Å². The molecule has 3 aromatic rings. The molecule has 0 saturated carbocycles. The van der Waals surface area contributed by atoms with Crippen LogP contribution in [0, 0.1) is 5.82 Å². The van der Waals surface area contributed by atoms with E-state index in [-0.39, 0.29) is 41.9 Å². The Morgan fingerprint density at radius 3 is 2.21 bits per heavy atom. The van der Waals surface area contributed by atoms with Gasteiger partial charge in [-0.05, 0) is 82.3 Å². The van der Waals surface area contributed by atoms with Gasteiger partial charge in [-0.3, -0.25) is 4.79 Å². The lowest BCUT2D eigenvalue weighted by Crippen LogP contribution is -2.46. The highest BCUT2D eigenvalue weighted by Crippen LogP contribution is 2.42. The van der Waals surface area contributed by atoms with E-state index < -0.39 is 17.4 Å². The first-order chi connectivity index (χ1) is 19.6. The Labute approximate surface area is 247 Å². The number of hydrogen-bond donors (Lipinski definition) is 1. The average Bonchev–Trinajstić information content (AvgIpc) is 3.22. The van der Waals surface area contributed by atoms with Crippen LogP contribution in [0.1, 0.15) is 89.7 Å². The van der Waals surface area contributed by atoms with E-state index >= 15 is 0 Å². The van der Waals surface area contributed by atoms with Gasteiger partial charge in [0, 0.05) is 24.2 Å². The molecule has 2 aromatic carbocycles. The number of rotatable bonds is 9. The van der Waals surface area contributed by atoms with Crippen LogP contribution in [0.5, 0.6) is 0 Å². The highest BCUT2D eigenvalue weighted by molar-refractivity contribution is 6.03. The van der Waals surface area contributed by atoms with Crippen molar-refractivity contribution in [3.05, 3.63) is 71.7 Å². The minimum absolute atomic E-state index is 0.111. The molecular weight excluding hydrogens is 537 g/mol. The van der Waals surface area contributed by atoms with Crippen LogP contribution in [-0.2, 0) is 25.5 Å². The molecule has 1 N–H and O–H groups in total. The first-order valence-corrected chi connectivity index (χ1v) is 14.5. The molecule has 4 rings (SSSR count). The molecule has 0 bridgehead atoms. The molecule has 2 unspecified atom stereocenters. The molecule has 0 amide bonds. The molecule has 0 spiro atoms. The zero-order valence-corrected chi connectivity index (χ0v) is 25.6. The van der Waals surface area contributed by atoms with Crippen molar-refractivity contribution in [3.63, 3.8) is 0 Å². The summed E-state index contributed by atoms with van der Waals surface area (Å²) in [5.74, 6) is -2.72. The van der Waals surface area contributed by atoms with Gasteiger partial charge in [0.1, 0.15) is 11.4 Å². The van der Waals surface area contributed by atoms with Gasteiger partial charge >= 0.3 is 11.9 Å². The predicted molar refractivity (Wildman–Crippen MR) is 160 cm³/mol. The molecule has 0 aliphatic carbocycles. The van der Waals surface area contributed by atoms with E-state index in [1.54, 1.807) is 12.1 Å². The summed E-state index contributed by atoms with van der Waals surface area (Å²) in [7, 11) is 0. The van der Waals surface area contributed by atoms with Gasteiger partial charge in [-0.2, -0.15) is 0 Å². The van der Waals surface area contributed by atoms with Crippen LogP contribution < -0.4 is 0 Å². The van der Waals surface area contributed by atoms with Crippen molar-refractivity contribution in [2.24, 2.45) is 0 Å². The molecule has 1 aromatic heterocycles. The van der Waals surface area contributed by atoms with Gasteiger partial charge in [0.25, 0.3) is 0 Å². The van der Waals surface area contributed by atoms with E-state index in [2.05, 4.69) is 4.57 Å². The van der Waals surface area contributed by atoms with Gasteiger partial charge in [0.2, 0.25) is 0 Å². The number of benzene rings is 2. The Kier molecular flexibility index (Phi) is 9.28. The highest BCUT2D eigenvalue weighted by atomic mass is 19.1. The van der Waals surface area contributed by atoms with Crippen LogP contribution in [0.2, 0.25) is 0 Å². The van der Waals surface area contributed by atoms with Crippen LogP contribution in [0.4, 0.5) is 4.39 Å². The Morgan fingerprint density at radius 2 is 1.64 bits per heavy atom. The fraction of sp³-hybridized carbons (Fsp3) is 0.471. The zero-order chi connectivity index (χ0) is 30.8. The van der Waals surface area contributed by atoms with E-state index in [0.717, 1.165) is 16.8 Å². The highest BCUT2D eigenvalue weighted by Gasteiger charge is 2.38. The standard InChI is InChI=1S/C34H42FNO6/c1-21(2)30-29(32(38)39)28(22-11-9-8-10-12-22)31(23-13-15-24(35)16-14-23)36(30)18-17-25-19-26(41-34(6,7)40-25)20-27(37)42-33(3,4)5/h8-16,21,25-26H,17-20H2,1-7H3,(H,38,39). The van der Waals surface area contributed by atoms with Gasteiger partial charge in [-0.25, -0.2) is 9.18 Å². The second kappa shape index (κ2) is 12.4. The average molecular weight is 580 g/mol. The lowest BCUT2D eigenvalue weighted by molar-refractivity contribution is -0.301. The number of aromatic nitrogens is 1. The van der Waals surface area contributed by atoms with Crippen LogP contribution in [0.15, 0.2) is 54.6 Å². The zero-order valence-electron chi connectivity index (χ0n) is 25.6. The number of ether oxygens (including phenoxy) is 3. The molecular formula is C34H42FNO6. The summed E-state index contributed by atoms with van der Waals surface area (Å²) in [4.78, 5) is 25.4. The van der Waals surface area contributed by atoms with E-state index in [0.29, 0.717) is 30.6 Å². The monoisotopic (exact) mass is 579 g/mol. The SMILES string of the molecule is CC(C)c1c(C(=O)O)c(-c2ccccc2)c(-c2ccc(F)cc2)n1CCC1CC(CC(=O)OC(C)(C)C)OC(C)(C)O1. The van der Waals surface area contributed by atoms with Crippen molar-refractivity contribution in [1.29, 1.82) is 0 Å². The molecule has 1 fully saturated rings. The normalized spacial score (nSPS) is 18.7. The van der Waals surface area contributed by atoms with Gasteiger partial charge in [0.05, 0.1) is 29.9 Å². The lowest BCUT2D eigenvalue weighted by atomic mass is 9.95. The Morgan fingerprint density at radius 1 is 1.02 bits per heavy atom. The summed E-state index contributed by atoms with van der Waals surface area (Å²) in [5, 5.41) is 10.5. The van der Waals surface area contributed by atoms with E-state index in [1.807, 2.05) is 78.8 Å². The quantitative estimate of drug-likeness (QED) is 0.260. The van der Waals surface area contributed by atoms with Gasteiger partial charge in [-0.15, -0.1) is 0 Å². The number of carbonyl (C=O) groups excluding carboxylic acids is 1. The summed E-state index contributed by atoms with van der Waals surface area (Å²) in [6, 6.07) is 15.6. The first-order valence-electron chi connectivity index (χ1n) is 14.5. The Bertz CT molecular complexity index is 1400. The van der Waals surface area contributed by atoms with Gasteiger partial charge in [-0.1, -0.05) is 44.2 Å². The number of nitrogens with zero attached hydrogens (tertiary/aromatic N) is 1. The minimum Gasteiger partial charge on any atom is -0.478 e. The molecule has 226 valence electrons. The maximum Gasteiger partial charge on any atom is 0.338 e. The maximum absolute atomic E-state index is 14.0. The van der Waals surface area contributed by atoms with E-state index in [4.69, 9.17) is 14.2 Å². The second-order valence-corrected chi connectivity index (χ2v) is 12.7. The predicted octanol–water partition coefficient (Wildman–Crippen LogP) is 7.81. The third-order valence-electron chi connectivity index (χ3n) is 7.16. The summed E-state index contributed by atoms with van der Waals surface area (Å²) in [5.41, 5.74) is 3.17. The van der Waals surface area contributed by atoms with Crippen LogP contribution in [-0.4, -0.2) is 45.2 Å². The molecule has 0 radical (unpaired) electrons. The van der Waals surface area contributed by atoms with E-state index in [9.17, 15) is 19.1 Å². The molecule has 42 heavy (non-hydrogen) atoms. The minimum atomic E-state index is -1.01. The maximum atomic E-state index is 14.0. The largest absolute Gasteiger partial charge is 0.478 e. The Balaban J connectivity index is 1.75. The summed E-state index contributed by atoms with van der Waals surface area (Å²) in [6.07, 6.45) is 0.521. The van der Waals surface area contributed by atoms with Gasteiger partial charge in [0.15, 0.2) is 5.79 Å². The smallest absolute Gasteiger partial charge is 0.338 e. The van der Waals surface area contributed by atoms with Crippen LogP contribution in [0.3, 0.4) is 0 Å². The number of halogens is 1. The molecule has 8 heteroatoms. The van der Waals surface area contributed by atoms with Crippen molar-refractivity contribution >= 4 is 11.9 Å². The van der Waals surface area contributed by atoms with Crippen molar-refractivity contribution in [1.82, 2.24) is 4.57 Å². The van der Waals surface area contributed by atoms with Crippen molar-refractivity contribution in [2.75, 3.05) is 0 Å². The summed E-state index contributed by atoms with van der Waals surface area (Å²) >= 11 is 0. The molecule has 2 atom stereocenters. The molecule has 2 heterocycles. The van der Waals surface area contributed by atoms with Gasteiger partial charge < -0.3 is 23.9 Å². The van der Waals surface area contributed by atoms with Crippen molar-refractivity contribution in [2.45, 2.75) is 104 Å². The topological polar surface area (TPSA) is 87.0 Å². The number of carboxylic acid groups (broad SMARTS) is 1. The lowest BCUT2D eigenvalue weighted by Gasteiger charge is -2.41. The number of hydrogen-bond acceptors (Lipinski definition) is 5. The second-order valence-electron chi connectivity index (χ2n) is 12.7. The molecule has 1 aliphatic rings. The van der Waals surface area contributed by atoms with Crippen molar-refractivity contribution in [3.8, 4) is 22.4 Å². The third-order valence-corrected chi connectivity index (χ3v) is 7.16. The summed E-state index contributed by atoms with van der Waals surface area (Å²) in [6.45, 7) is 13.6. The van der Waals surface area contributed by atoms with Crippen LogP contribution in [0.25, 0.3) is 22.4 Å². The number of esters is 1. The summed E-state index contributed by atoms with van der Waals surface area (Å²) < 4.78 is 33.9. The Hall–Kier alpha value is -3.49. The number of carbonyl (C=O) groups is 2. The molecule has 1 aliphatic heterocycles. The van der Waals surface area contributed by atoms with Crippen LogP contribution >= 0.6 is 0 Å². The fourth-order valence-corrected chi connectivity index (χ4v) is 5.84. The fourth-order valence-electron chi connectivity index (χ4n) is 5.84. The first kappa shape index (κ1) is 31.4. The molecule has 1 saturated heterocycles.